The molecule has 0 unspecified atom stereocenters. The number of carbonyl (C=O) groups is 2. The van der Waals surface area contributed by atoms with Gasteiger partial charge in [-0.15, -0.1) is 0 Å². The van der Waals surface area contributed by atoms with E-state index in [-0.39, 0.29) is 29.3 Å². The average Bonchev–Trinajstić information content (AvgIpc) is 3.46. The van der Waals surface area contributed by atoms with Crippen LogP contribution in [0.5, 0.6) is 5.75 Å². The predicted molar refractivity (Wildman–Crippen MR) is 181 cm³/mol. The molecule has 3 aliphatic rings. The lowest BCUT2D eigenvalue weighted by Crippen LogP contribution is -2.73. The fourth-order valence-corrected chi connectivity index (χ4v) is 7.83. The third-order valence-corrected chi connectivity index (χ3v) is 10.3. The van der Waals surface area contributed by atoms with Gasteiger partial charge >= 0.3 is 0 Å². The SMILES string of the molecule is C[C@@H](Oc1ccc2[nH]nc(-c3ccc(N4CC5(CN(C(=O)C6CCN(C(=O)CCCN)CC6)C5)C4)nc3)c2c1)c1c(Cl)cncc1Cl. The molecule has 1 atom stereocenters. The van der Waals surface area contributed by atoms with Gasteiger partial charge in [-0.05, 0) is 63.1 Å². The fraction of sp³-hybridized carbons (Fsp3) is 0.441. The summed E-state index contributed by atoms with van der Waals surface area (Å²) < 4.78 is 6.22. The molecule has 3 fully saturated rings. The van der Waals surface area contributed by atoms with Gasteiger partial charge in [0.1, 0.15) is 23.4 Å². The molecule has 1 aromatic carbocycles. The van der Waals surface area contributed by atoms with E-state index in [0.29, 0.717) is 53.8 Å². The molecule has 6 heterocycles. The summed E-state index contributed by atoms with van der Waals surface area (Å²) in [6.45, 7) is 7.09. The van der Waals surface area contributed by atoms with Gasteiger partial charge in [-0.25, -0.2) is 4.98 Å². The summed E-state index contributed by atoms with van der Waals surface area (Å²) in [7, 11) is 0. The Morgan fingerprint density at radius 3 is 2.47 bits per heavy atom. The van der Waals surface area contributed by atoms with Crippen LogP contribution in [0.2, 0.25) is 10.0 Å². The lowest BCUT2D eigenvalue weighted by Gasteiger charge is -2.61. The monoisotopic (exact) mass is 676 g/mol. The summed E-state index contributed by atoms with van der Waals surface area (Å²) in [4.78, 5) is 40.4. The van der Waals surface area contributed by atoms with Crippen molar-refractivity contribution in [2.75, 3.05) is 50.7 Å². The molecule has 13 heteroatoms. The number of aromatic nitrogens is 4. The van der Waals surface area contributed by atoms with E-state index in [0.717, 1.165) is 67.0 Å². The highest BCUT2D eigenvalue weighted by Gasteiger charge is 2.54. The number of benzene rings is 1. The molecular weight excluding hydrogens is 639 g/mol. The van der Waals surface area contributed by atoms with Crippen molar-refractivity contribution in [3.05, 3.63) is 64.5 Å². The number of aromatic amines is 1. The highest BCUT2D eigenvalue weighted by atomic mass is 35.5. The van der Waals surface area contributed by atoms with Crippen molar-refractivity contribution >= 4 is 51.7 Å². The molecule has 0 bridgehead atoms. The van der Waals surface area contributed by atoms with Crippen molar-refractivity contribution < 1.29 is 14.3 Å². The van der Waals surface area contributed by atoms with Crippen LogP contribution in [0.25, 0.3) is 22.2 Å². The number of piperidine rings is 1. The number of nitrogens with two attached hydrogens (primary N) is 1. The first kappa shape index (κ1) is 31.7. The van der Waals surface area contributed by atoms with Crippen LogP contribution in [0, 0.1) is 11.3 Å². The number of rotatable bonds is 9. The van der Waals surface area contributed by atoms with E-state index in [1.807, 2.05) is 53.3 Å². The molecule has 246 valence electrons. The standard InChI is InChI=1S/C34H38Cl2N8O3/c1-21(31-26(35)15-38-16-27(31)36)47-24-5-6-28-25(13-24)32(41-40-28)23-4-7-29(39-14-23)43-17-34(18-43)19-44(20-34)33(46)22-8-11-42(12-9-22)30(45)3-2-10-37/h4-7,13-16,21-22H,2-3,8-12,17-20,37H2,1H3,(H,40,41)/t21-/m1/s1. The molecule has 47 heavy (non-hydrogen) atoms. The van der Waals surface area contributed by atoms with E-state index in [1.54, 1.807) is 12.4 Å². The highest BCUT2D eigenvalue weighted by molar-refractivity contribution is 6.35. The zero-order valence-electron chi connectivity index (χ0n) is 26.3. The lowest BCUT2D eigenvalue weighted by atomic mass is 9.72. The molecule has 11 nitrogen and oxygen atoms in total. The van der Waals surface area contributed by atoms with Crippen molar-refractivity contribution in [2.45, 2.75) is 38.7 Å². The van der Waals surface area contributed by atoms with Crippen molar-refractivity contribution in [3.8, 4) is 17.0 Å². The van der Waals surface area contributed by atoms with Gasteiger partial charge in [0, 0.05) is 92.1 Å². The topological polar surface area (TPSA) is 134 Å². The Balaban J connectivity index is 0.930. The van der Waals surface area contributed by atoms with E-state index in [9.17, 15) is 9.59 Å². The first-order valence-electron chi connectivity index (χ1n) is 16.2. The van der Waals surface area contributed by atoms with Crippen LogP contribution in [0.4, 0.5) is 5.82 Å². The minimum atomic E-state index is -0.380. The lowest BCUT2D eigenvalue weighted by molar-refractivity contribution is -0.152. The van der Waals surface area contributed by atoms with E-state index >= 15 is 0 Å². The molecular formula is C34H38Cl2N8O3. The Kier molecular flexibility index (Phi) is 8.71. The second kappa shape index (κ2) is 12.9. The maximum Gasteiger partial charge on any atom is 0.225 e. The second-order valence-electron chi connectivity index (χ2n) is 13.1. The molecule has 7 rings (SSSR count). The first-order valence-corrected chi connectivity index (χ1v) is 16.9. The van der Waals surface area contributed by atoms with Crippen LogP contribution in [0.15, 0.2) is 48.9 Å². The summed E-state index contributed by atoms with van der Waals surface area (Å²) in [5.74, 6) is 1.99. The van der Waals surface area contributed by atoms with Crippen LogP contribution in [0.3, 0.4) is 0 Å². The number of H-pyrrole nitrogens is 1. The normalized spacial score (nSPS) is 18.3. The Labute approximate surface area is 283 Å². The highest BCUT2D eigenvalue weighted by Crippen LogP contribution is 2.43. The number of halogens is 2. The van der Waals surface area contributed by atoms with Crippen LogP contribution in [0.1, 0.15) is 44.3 Å². The van der Waals surface area contributed by atoms with Crippen LogP contribution < -0.4 is 15.4 Å². The molecule has 0 saturated carbocycles. The molecule has 2 amide bonds. The van der Waals surface area contributed by atoms with Crippen molar-refractivity contribution in [1.29, 1.82) is 0 Å². The molecule has 0 aliphatic carbocycles. The number of pyridine rings is 2. The third kappa shape index (κ3) is 6.24. The summed E-state index contributed by atoms with van der Waals surface area (Å²) >= 11 is 12.7. The first-order chi connectivity index (χ1) is 22.7. The molecule has 3 N–H and O–H groups in total. The molecule has 3 aliphatic heterocycles. The summed E-state index contributed by atoms with van der Waals surface area (Å²) in [6, 6.07) is 9.85. The van der Waals surface area contributed by atoms with Gasteiger partial charge in [-0.2, -0.15) is 5.10 Å². The van der Waals surface area contributed by atoms with Gasteiger partial charge in [-0.3, -0.25) is 19.7 Å². The maximum atomic E-state index is 13.2. The summed E-state index contributed by atoms with van der Waals surface area (Å²) in [5.41, 5.74) is 8.94. The van der Waals surface area contributed by atoms with E-state index in [4.69, 9.17) is 38.7 Å². The Morgan fingerprint density at radius 1 is 1.04 bits per heavy atom. The Hall–Kier alpha value is -3.93. The van der Waals surface area contributed by atoms with E-state index in [2.05, 4.69) is 20.1 Å². The molecule has 0 radical (unpaired) electrons. The number of anilines is 1. The van der Waals surface area contributed by atoms with Crippen molar-refractivity contribution in [3.63, 3.8) is 0 Å². The molecule has 4 aromatic rings. The zero-order valence-corrected chi connectivity index (χ0v) is 27.8. The minimum absolute atomic E-state index is 0.0128. The minimum Gasteiger partial charge on any atom is -0.486 e. The van der Waals surface area contributed by atoms with E-state index < -0.39 is 0 Å². The predicted octanol–water partition coefficient (Wildman–Crippen LogP) is 5.09. The molecule has 3 aromatic heterocycles. The van der Waals surface area contributed by atoms with Gasteiger partial charge in [0.05, 0.1) is 15.6 Å². The maximum absolute atomic E-state index is 13.2. The van der Waals surface area contributed by atoms with Crippen LogP contribution in [-0.4, -0.2) is 87.6 Å². The van der Waals surface area contributed by atoms with Crippen LogP contribution in [-0.2, 0) is 9.59 Å². The summed E-state index contributed by atoms with van der Waals surface area (Å²) in [6.07, 6.45) is 7.28. The average molecular weight is 678 g/mol. The number of likely N-dealkylation sites (tertiary alicyclic amines) is 2. The number of ether oxygens (including phenoxy) is 1. The van der Waals surface area contributed by atoms with Gasteiger partial charge in [0.15, 0.2) is 0 Å². The van der Waals surface area contributed by atoms with Gasteiger partial charge in [0.2, 0.25) is 11.8 Å². The fourth-order valence-electron chi connectivity index (χ4n) is 7.16. The van der Waals surface area contributed by atoms with Crippen LogP contribution >= 0.6 is 23.2 Å². The second-order valence-corrected chi connectivity index (χ2v) is 13.9. The summed E-state index contributed by atoms with van der Waals surface area (Å²) in [5, 5.41) is 9.51. The van der Waals surface area contributed by atoms with Gasteiger partial charge in [0.25, 0.3) is 0 Å². The van der Waals surface area contributed by atoms with Gasteiger partial charge < -0.3 is 25.2 Å². The van der Waals surface area contributed by atoms with Gasteiger partial charge in [-0.1, -0.05) is 23.2 Å². The number of amides is 2. The number of nitrogens with zero attached hydrogens (tertiary/aromatic N) is 6. The quantitative estimate of drug-likeness (QED) is 0.250. The third-order valence-electron chi connectivity index (χ3n) is 9.70. The number of fused-ring (bicyclic) bond motifs is 1. The molecule has 1 spiro atoms. The zero-order chi connectivity index (χ0) is 32.7. The Morgan fingerprint density at radius 2 is 1.79 bits per heavy atom. The van der Waals surface area contributed by atoms with Crippen molar-refractivity contribution in [1.82, 2.24) is 30.0 Å². The Bertz CT molecular complexity index is 1760. The number of carbonyl (C=O) groups excluding carboxylic acids is 2. The number of hydrogen-bond acceptors (Lipinski definition) is 8. The van der Waals surface area contributed by atoms with Crippen molar-refractivity contribution in [2.24, 2.45) is 17.1 Å². The number of nitrogens with one attached hydrogen (secondary N) is 1. The largest absolute Gasteiger partial charge is 0.486 e. The molecule has 3 saturated heterocycles. The number of hydrogen-bond donors (Lipinski definition) is 2. The van der Waals surface area contributed by atoms with E-state index in [1.165, 1.54) is 0 Å². The smallest absolute Gasteiger partial charge is 0.225 e.